The molecule has 4 heteroatoms. The zero-order chi connectivity index (χ0) is 20.9. The first-order valence-corrected chi connectivity index (χ1v) is 15.1. The Morgan fingerprint density at radius 3 is 2.68 bits per heavy atom. The molecule has 0 N–H and O–H groups in total. The van der Waals surface area contributed by atoms with E-state index in [0.717, 1.165) is 25.9 Å². The Hall–Kier alpha value is 0.0569. The van der Waals surface area contributed by atoms with Crippen LogP contribution in [-0.4, -0.2) is 20.7 Å². The average Bonchev–Trinajstić information content (AvgIpc) is 3.24. The van der Waals surface area contributed by atoms with E-state index in [1.807, 2.05) is 0 Å². The normalized spacial score (nSPS) is 34.4. The third kappa shape index (κ3) is 4.25. The minimum Gasteiger partial charge on any atom is -0.417 e. The van der Waals surface area contributed by atoms with E-state index >= 15 is 0 Å². The molecule has 0 saturated heterocycles. The van der Waals surface area contributed by atoms with Crippen molar-refractivity contribution in [2.75, 3.05) is 6.61 Å². The average molecular weight is 515 g/mol. The van der Waals surface area contributed by atoms with Gasteiger partial charge in [0.25, 0.3) is 0 Å². The van der Waals surface area contributed by atoms with Crippen molar-refractivity contribution in [3.8, 4) is 0 Å². The van der Waals surface area contributed by atoms with E-state index in [1.54, 1.807) is 5.57 Å². The van der Waals surface area contributed by atoms with E-state index in [1.165, 1.54) is 16.4 Å². The van der Waals surface area contributed by atoms with Crippen LogP contribution in [0.1, 0.15) is 66.7 Å². The van der Waals surface area contributed by atoms with Crippen LogP contribution in [0.15, 0.2) is 21.3 Å². The van der Waals surface area contributed by atoms with Gasteiger partial charge in [0.2, 0.25) is 0 Å². The van der Waals surface area contributed by atoms with E-state index in [9.17, 15) is 4.79 Å². The van der Waals surface area contributed by atoms with Gasteiger partial charge in [0.1, 0.15) is 5.78 Å². The Labute approximate surface area is 187 Å². The highest BCUT2D eigenvalue weighted by molar-refractivity contribution is 14.1. The van der Waals surface area contributed by atoms with E-state index in [0.29, 0.717) is 17.6 Å². The second-order valence-corrected chi connectivity index (χ2v) is 17.7. The van der Waals surface area contributed by atoms with Crippen LogP contribution in [-0.2, 0) is 9.22 Å². The number of hydrogen-bond acceptors (Lipinski definition) is 2. The predicted molar refractivity (Wildman–Crippen MR) is 129 cm³/mol. The molecule has 3 rings (SSSR count). The molecular weight excluding hydrogens is 475 g/mol. The minimum atomic E-state index is -1.81. The quantitative estimate of drug-likeness (QED) is 0.211. The Bertz CT molecular complexity index is 683. The standard InChI is InChI=1S/C24H39IO2Si/c1-16(25)10-11-18(15-27-28(6,7)23(2,3)4)19-13-12-17-9-8-14-24(5)20(17)21(24)22(19)26/h9-10,18-21H,8,11-15H2,1-7H3/b16-10-/t18-,19+,20+,21+,24-/m0/s1. The fourth-order valence-corrected chi connectivity index (χ4v) is 6.63. The summed E-state index contributed by atoms with van der Waals surface area (Å²) >= 11 is 2.39. The molecular formula is C24H39IO2Si. The van der Waals surface area contributed by atoms with Gasteiger partial charge in [0.15, 0.2) is 8.32 Å². The second kappa shape index (κ2) is 7.95. The topological polar surface area (TPSA) is 26.3 Å². The largest absolute Gasteiger partial charge is 0.417 e. The lowest BCUT2D eigenvalue weighted by molar-refractivity contribution is -0.127. The van der Waals surface area contributed by atoms with Gasteiger partial charge in [-0.25, -0.2) is 0 Å². The van der Waals surface area contributed by atoms with Gasteiger partial charge >= 0.3 is 0 Å². The Morgan fingerprint density at radius 1 is 1.39 bits per heavy atom. The molecule has 0 unspecified atom stereocenters. The summed E-state index contributed by atoms with van der Waals surface area (Å²) in [6, 6.07) is 0. The molecule has 2 saturated carbocycles. The van der Waals surface area contributed by atoms with E-state index in [-0.39, 0.29) is 22.3 Å². The second-order valence-electron chi connectivity index (χ2n) is 11.2. The predicted octanol–water partition coefficient (Wildman–Crippen LogP) is 7.30. The van der Waals surface area contributed by atoms with Gasteiger partial charge in [-0.15, -0.1) is 0 Å². The van der Waals surface area contributed by atoms with Crippen LogP contribution in [0.3, 0.4) is 0 Å². The maximum Gasteiger partial charge on any atom is 0.191 e. The number of carbonyl (C=O) groups excluding carboxylic acids is 1. The third-order valence-corrected chi connectivity index (χ3v) is 13.2. The van der Waals surface area contributed by atoms with Crippen molar-refractivity contribution in [2.24, 2.45) is 29.1 Å². The number of ketones is 1. The van der Waals surface area contributed by atoms with Crippen LogP contribution in [0.25, 0.3) is 0 Å². The Morgan fingerprint density at radius 2 is 2.07 bits per heavy atom. The first-order chi connectivity index (χ1) is 12.9. The molecule has 0 spiro atoms. The van der Waals surface area contributed by atoms with Gasteiger partial charge in [-0.05, 0) is 101 Å². The highest BCUT2D eigenvalue weighted by Crippen LogP contribution is 2.69. The molecule has 0 bridgehead atoms. The van der Waals surface area contributed by atoms with Crippen LogP contribution in [0.4, 0.5) is 0 Å². The van der Waals surface area contributed by atoms with Crippen LogP contribution < -0.4 is 0 Å². The first kappa shape index (κ1) is 22.7. The number of allylic oxidation sites excluding steroid dienone is 4. The zero-order valence-electron chi connectivity index (χ0n) is 18.9. The van der Waals surface area contributed by atoms with E-state index in [2.05, 4.69) is 82.5 Å². The molecule has 0 aliphatic heterocycles. The summed E-state index contributed by atoms with van der Waals surface area (Å²) in [6.07, 6.45) is 10.2. The summed E-state index contributed by atoms with van der Waals surface area (Å²) in [5.41, 5.74) is 1.86. The van der Waals surface area contributed by atoms with Crippen molar-refractivity contribution in [1.29, 1.82) is 0 Å². The van der Waals surface area contributed by atoms with Gasteiger partial charge in [-0.3, -0.25) is 4.79 Å². The van der Waals surface area contributed by atoms with Crippen LogP contribution in [0.2, 0.25) is 18.1 Å². The number of rotatable bonds is 6. The van der Waals surface area contributed by atoms with Gasteiger partial charge in [-0.2, -0.15) is 0 Å². The number of halogens is 1. The third-order valence-electron chi connectivity index (χ3n) is 8.29. The summed E-state index contributed by atoms with van der Waals surface area (Å²) in [4.78, 5) is 13.6. The van der Waals surface area contributed by atoms with Crippen molar-refractivity contribution in [2.45, 2.75) is 84.9 Å². The number of Topliss-reactive ketones (excluding diaryl/α,β-unsaturated/α-hetero) is 1. The van der Waals surface area contributed by atoms with Crippen molar-refractivity contribution in [1.82, 2.24) is 0 Å². The molecule has 5 atom stereocenters. The van der Waals surface area contributed by atoms with Gasteiger partial charge in [-0.1, -0.05) is 45.4 Å². The molecule has 0 heterocycles. The lowest BCUT2D eigenvalue weighted by Gasteiger charge is -2.38. The minimum absolute atomic E-state index is 0.162. The molecule has 3 aliphatic rings. The van der Waals surface area contributed by atoms with Crippen LogP contribution in [0, 0.1) is 29.1 Å². The van der Waals surface area contributed by atoms with Crippen LogP contribution in [0.5, 0.6) is 0 Å². The molecule has 2 nitrogen and oxygen atoms in total. The summed E-state index contributed by atoms with van der Waals surface area (Å²) in [5.74, 6) is 1.88. The molecule has 2 fully saturated rings. The zero-order valence-corrected chi connectivity index (χ0v) is 22.1. The first-order valence-electron chi connectivity index (χ1n) is 11.1. The smallest absolute Gasteiger partial charge is 0.191 e. The van der Waals surface area contributed by atoms with E-state index in [4.69, 9.17) is 4.43 Å². The number of carbonyl (C=O) groups is 1. The van der Waals surface area contributed by atoms with Crippen LogP contribution >= 0.6 is 22.6 Å². The highest BCUT2D eigenvalue weighted by atomic mass is 127. The molecule has 3 aliphatic carbocycles. The number of fused-ring (bicyclic) bond motifs is 1. The molecule has 0 aromatic rings. The molecule has 28 heavy (non-hydrogen) atoms. The monoisotopic (exact) mass is 514 g/mol. The molecule has 0 aromatic carbocycles. The van der Waals surface area contributed by atoms with Crippen molar-refractivity contribution in [3.63, 3.8) is 0 Å². The molecule has 0 aromatic heterocycles. The molecule has 0 amide bonds. The van der Waals surface area contributed by atoms with Gasteiger partial charge in [0, 0.05) is 18.4 Å². The highest BCUT2D eigenvalue weighted by Gasteiger charge is 2.67. The van der Waals surface area contributed by atoms with E-state index < -0.39 is 8.32 Å². The SMILES string of the molecule is C/C(I)=C/C[C@@H](CO[Si](C)(C)C(C)(C)C)[C@H]1CCC2=CCC[C@@]3(C)[C@H]2[C@@H]3C1=O. The van der Waals surface area contributed by atoms with Crippen molar-refractivity contribution < 1.29 is 9.22 Å². The maximum absolute atomic E-state index is 13.6. The Kier molecular flexibility index (Phi) is 6.46. The van der Waals surface area contributed by atoms with Crippen molar-refractivity contribution in [3.05, 3.63) is 21.3 Å². The summed E-state index contributed by atoms with van der Waals surface area (Å²) in [7, 11) is -1.81. The lowest BCUT2D eigenvalue weighted by Crippen LogP contribution is -2.43. The Balaban J connectivity index is 1.80. The maximum atomic E-state index is 13.6. The molecule has 158 valence electrons. The lowest BCUT2D eigenvalue weighted by atomic mass is 9.78. The summed E-state index contributed by atoms with van der Waals surface area (Å²) in [5, 5.41) is 0.205. The van der Waals surface area contributed by atoms with Gasteiger partial charge < -0.3 is 4.43 Å². The summed E-state index contributed by atoms with van der Waals surface area (Å²) < 4.78 is 7.95. The van der Waals surface area contributed by atoms with Gasteiger partial charge in [0.05, 0.1) is 0 Å². The number of hydrogen-bond donors (Lipinski definition) is 0. The fraction of sp³-hybridized carbons (Fsp3) is 0.792. The van der Waals surface area contributed by atoms with Crippen molar-refractivity contribution >= 4 is 36.7 Å². The summed E-state index contributed by atoms with van der Waals surface area (Å²) in [6.45, 7) is 16.8. The fourth-order valence-electron chi connectivity index (χ4n) is 5.31. The molecule has 0 radical (unpaired) electrons.